The standard InChI is InChI=1S/C24H30O6/c1-7-14(2)10-15(3)8-9-17-11-16-12-19(25)23(4)20(18(16)13-29-17)21(22(26)28-6)24(5,27)30-23/h8-14,20-21,27H,7H2,1-6H3/b9-8+,15-10+/t14-,20-,21+,23+,24-/m0/s1. The molecule has 0 amide bonds. The molecule has 2 heterocycles. The lowest BCUT2D eigenvalue weighted by Gasteiger charge is -2.36. The predicted molar refractivity (Wildman–Crippen MR) is 112 cm³/mol. The highest BCUT2D eigenvalue weighted by Gasteiger charge is 2.66. The zero-order valence-electron chi connectivity index (χ0n) is 18.4. The van der Waals surface area contributed by atoms with Gasteiger partial charge in [-0.1, -0.05) is 38.0 Å². The lowest BCUT2D eigenvalue weighted by molar-refractivity contribution is -0.223. The van der Waals surface area contributed by atoms with Crippen molar-refractivity contribution >= 4 is 11.8 Å². The highest BCUT2D eigenvalue weighted by Crippen LogP contribution is 2.54. The normalized spacial score (nSPS) is 34.4. The van der Waals surface area contributed by atoms with Gasteiger partial charge in [0.2, 0.25) is 0 Å². The van der Waals surface area contributed by atoms with Crippen LogP contribution in [0.4, 0.5) is 0 Å². The Bertz CT molecular complexity index is 901. The molecule has 6 nitrogen and oxygen atoms in total. The Morgan fingerprint density at radius 1 is 1.37 bits per heavy atom. The van der Waals surface area contributed by atoms with E-state index in [9.17, 15) is 14.7 Å². The minimum absolute atomic E-state index is 0.305. The number of esters is 1. The summed E-state index contributed by atoms with van der Waals surface area (Å²) in [6, 6.07) is 0. The van der Waals surface area contributed by atoms with Gasteiger partial charge in [0, 0.05) is 11.5 Å². The molecule has 0 saturated carbocycles. The van der Waals surface area contributed by atoms with Gasteiger partial charge in [-0.2, -0.15) is 0 Å². The first kappa shape index (κ1) is 22.2. The molecule has 3 rings (SSSR count). The van der Waals surface area contributed by atoms with Gasteiger partial charge >= 0.3 is 5.97 Å². The summed E-state index contributed by atoms with van der Waals surface area (Å²) in [4.78, 5) is 25.4. The van der Waals surface area contributed by atoms with E-state index < -0.39 is 29.2 Å². The maximum absolute atomic E-state index is 12.9. The van der Waals surface area contributed by atoms with E-state index in [-0.39, 0.29) is 5.78 Å². The van der Waals surface area contributed by atoms with E-state index in [1.807, 2.05) is 19.1 Å². The highest BCUT2D eigenvalue weighted by atomic mass is 16.7. The van der Waals surface area contributed by atoms with Crippen LogP contribution in [0.1, 0.15) is 41.0 Å². The fourth-order valence-electron chi connectivity index (χ4n) is 4.40. The molecule has 6 heteroatoms. The Morgan fingerprint density at radius 2 is 2.07 bits per heavy atom. The second-order valence-electron chi connectivity index (χ2n) is 8.57. The molecule has 0 spiro atoms. The smallest absolute Gasteiger partial charge is 0.314 e. The number of carbonyl (C=O) groups excluding carboxylic acids is 2. The van der Waals surface area contributed by atoms with Crippen LogP contribution in [0.25, 0.3) is 0 Å². The van der Waals surface area contributed by atoms with Crippen molar-refractivity contribution in [2.45, 2.75) is 52.4 Å². The minimum atomic E-state index is -1.84. The van der Waals surface area contributed by atoms with Gasteiger partial charge in [-0.15, -0.1) is 0 Å². The molecule has 1 aliphatic carbocycles. The van der Waals surface area contributed by atoms with Crippen molar-refractivity contribution in [2.24, 2.45) is 17.8 Å². The predicted octanol–water partition coefficient (Wildman–Crippen LogP) is 3.74. The van der Waals surface area contributed by atoms with Crippen LogP contribution in [0, 0.1) is 17.8 Å². The van der Waals surface area contributed by atoms with E-state index in [2.05, 4.69) is 19.9 Å². The maximum atomic E-state index is 12.9. The number of methoxy groups -OCH3 is 1. The van der Waals surface area contributed by atoms with E-state index in [0.717, 1.165) is 12.0 Å². The van der Waals surface area contributed by atoms with Crippen LogP contribution in [0.2, 0.25) is 0 Å². The molecule has 162 valence electrons. The van der Waals surface area contributed by atoms with Gasteiger partial charge in [-0.05, 0) is 50.5 Å². The number of ketones is 1. The van der Waals surface area contributed by atoms with E-state index >= 15 is 0 Å². The summed E-state index contributed by atoms with van der Waals surface area (Å²) in [6.45, 7) is 9.30. The number of allylic oxidation sites excluding steroid dienone is 6. The molecule has 1 fully saturated rings. The molecule has 1 N–H and O–H groups in total. The van der Waals surface area contributed by atoms with Gasteiger partial charge in [-0.3, -0.25) is 9.59 Å². The van der Waals surface area contributed by atoms with Crippen molar-refractivity contribution in [2.75, 3.05) is 7.11 Å². The zero-order valence-corrected chi connectivity index (χ0v) is 18.4. The number of ether oxygens (including phenoxy) is 3. The fourth-order valence-corrected chi connectivity index (χ4v) is 4.40. The lowest BCUT2D eigenvalue weighted by atomic mass is 9.67. The summed E-state index contributed by atoms with van der Waals surface area (Å²) in [5.41, 5.74) is 1.02. The van der Waals surface area contributed by atoms with E-state index in [1.165, 1.54) is 26.4 Å². The Morgan fingerprint density at radius 3 is 2.70 bits per heavy atom. The van der Waals surface area contributed by atoms with Crippen molar-refractivity contribution < 1.29 is 28.9 Å². The summed E-state index contributed by atoms with van der Waals surface area (Å²) in [6.07, 6.45) is 11.9. The molecule has 30 heavy (non-hydrogen) atoms. The van der Waals surface area contributed by atoms with Gasteiger partial charge in [-0.25, -0.2) is 0 Å². The van der Waals surface area contributed by atoms with Gasteiger partial charge in [0.25, 0.3) is 0 Å². The molecular weight excluding hydrogens is 384 g/mol. The molecular formula is C24H30O6. The first-order chi connectivity index (χ1) is 14.0. The number of rotatable bonds is 5. The van der Waals surface area contributed by atoms with Crippen molar-refractivity contribution in [3.63, 3.8) is 0 Å². The van der Waals surface area contributed by atoms with Crippen LogP contribution >= 0.6 is 0 Å². The fraction of sp³-hybridized carbons (Fsp3) is 0.500. The Kier molecular flexibility index (Phi) is 5.94. The average Bonchev–Trinajstić information content (AvgIpc) is 2.92. The summed E-state index contributed by atoms with van der Waals surface area (Å²) in [7, 11) is 1.25. The number of aliphatic hydroxyl groups is 1. The Hall–Kier alpha value is -2.44. The largest absolute Gasteiger partial charge is 0.469 e. The first-order valence-electron chi connectivity index (χ1n) is 10.2. The first-order valence-corrected chi connectivity index (χ1v) is 10.2. The third-order valence-corrected chi connectivity index (χ3v) is 6.14. The molecule has 0 aromatic carbocycles. The van der Waals surface area contributed by atoms with E-state index in [0.29, 0.717) is 22.8 Å². The van der Waals surface area contributed by atoms with E-state index in [1.54, 1.807) is 13.0 Å². The van der Waals surface area contributed by atoms with Crippen LogP contribution < -0.4 is 0 Å². The molecule has 0 unspecified atom stereocenters. The third-order valence-electron chi connectivity index (χ3n) is 6.14. The number of carbonyl (C=O) groups is 2. The third kappa shape index (κ3) is 3.82. The van der Waals surface area contributed by atoms with E-state index in [4.69, 9.17) is 14.2 Å². The molecule has 0 bridgehead atoms. The maximum Gasteiger partial charge on any atom is 0.314 e. The second kappa shape index (κ2) is 8.00. The second-order valence-corrected chi connectivity index (χ2v) is 8.57. The van der Waals surface area contributed by atoms with Crippen LogP contribution in [0.5, 0.6) is 0 Å². The molecule has 3 aliphatic rings. The molecule has 0 aromatic heterocycles. The average molecular weight is 414 g/mol. The molecule has 0 radical (unpaired) electrons. The van der Waals surface area contributed by atoms with Crippen LogP contribution in [0.15, 0.2) is 59.1 Å². The number of hydrogen-bond acceptors (Lipinski definition) is 6. The number of fused-ring (bicyclic) bond motifs is 3. The SMILES string of the molecule is CC[C@H](C)/C=C(C)/C=C/C1=CC2=CC(=O)[C@@]3(C)O[C@](C)(O)[C@@H](C(=O)OC)[C@@H]3C2=CO1. The van der Waals surface area contributed by atoms with Crippen molar-refractivity contribution in [3.05, 3.63) is 59.1 Å². The molecule has 0 aromatic rings. The monoisotopic (exact) mass is 414 g/mol. The van der Waals surface area contributed by atoms with Crippen molar-refractivity contribution in [1.29, 1.82) is 0 Å². The zero-order chi connectivity index (χ0) is 22.3. The topological polar surface area (TPSA) is 82.1 Å². The Balaban J connectivity index is 1.94. The minimum Gasteiger partial charge on any atom is -0.469 e. The van der Waals surface area contributed by atoms with Crippen LogP contribution in [0.3, 0.4) is 0 Å². The molecule has 5 atom stereocenters. The summed E-state index contributed by atoms with van der Waals surface area (Å²) < 4.78 is 16.4. The summed E-state index contributed by atoms with van der Waals surface area (Å²) in [5.74, 6) is -3.48. The number of hydrogen-bond donors (Lipinski definition) is 1. The Labute approximate surface area is 177 Å². The van der Waals surface area contributed by atoms with Gasteiger partial charge < -0.3 is 19.3 Å². The van der Waals surface area contributed by atoms with Crippen LogP contribution in [-0.2, 0) is 23.8 Å². The van der Waals surface area contributed by atoms with Gasteiger partial charge in [0.15, 0.2) is 11.6 Å². The van der Waals surface area contributed by atoms with Crippen molar-refractivity contribution in [1.82, 2.24) is 0 Å². The summed E-state index contributed by atoms with van der Waals surface area (Å²) in [5, 5.41) is 10.8. The molecule has 2 aliphatic heterocycles. The van der Waals surface area contributed by atoms with Crippen molar-refractivity contribution in [3.8, 4) is 0 Å². The summed E-state index contributed by atoms with van der Waals surface area (Å²) >= 11 is 0. The lowest BCUT2D eigenvalue weighted by Crippen LogP contribution is -2.46. The van der Waals surface area contributed by atoms with Gasteiger partial charge in [0.1, 0.15) is 17.3 Å². The molecule has 1 saturated heterocycles. The quantitative estimate of drug-likeness (QED) is 0.545. The van der Waals surface area contributed by atoms with Crippen LogP contribution in [-0.4, -0.2) is 35.4 Å². The highest BCUT2D eigenvalue weighted by molar-refractivity contribution is 6.02. The van der Waals surface area contributed by atoms with Gasteiger partial charge in [0.05, 0.1) is 13.4 Å².